The fourth-order valence-corrected chi connectivity index (χ4v) is 2.43. The lowest BCUT2D eigenvalue weighted by atomic mass is 10.2. The highest BCUT2D eigenvalue weighted by atomic mass is 16.8. The van der Waals surface area contributed by atoms with E-state index in [9.17, 15) is 14.7 Å². The van der Waals surface area contributed by atoms with Crippen molar-refractivity contribution in [2.24, 2.45) is 0 Å². The van der Waals surface area contributed by atoms with Gasteiger partial charge in [-0.05, 0) is 0 Å². The first kappa shape index (κ1) is 15.2. The Morgan fingerprint density at radius 1 is 1.61 bits per heavy atom. The SMILES string of the molecule is COC(=O)OCOc1c2n(ccc1=O)N[C@@H]1COCC[N+]1=C2O. The smallest absolute Gasteiger partial charge is 0.458 e. The minimum absolute atomic E-state index is 0.109. The Labute approximate surface area is 130 Å². The summed E-state index contributed by atoms with van der Waals surface area (Å²) < 4.78 is 22.6. The largest absolute Gasteiger partial charge is 0.510 e. The molecule has 3 heterocycles. The zero-order chi connectivity index (χ0) is 16.4. The first-order valence-electron chi connectivity index (χ1n) is 6.88. The summed E-state index contributed by atoms with van der Waals surface area (Å²) in [4.78, 5) is 23.0. The van der Waals surface area contributed by atoms with Gasteiger partial charge in [0, 0.05) is 12.3 Å². The van der Waals surface area contributed by atoms with Gasteiger partial charge in [-0.2, -0.15) is 4.58 Å². The van der Waals surface area contributed by atoms with Crippen molar-refractivity contribution in [1.29, 1.82) is 0 Å². The molecule has 124 valence electrons. The number of hydrogen-bond donors (Lipinski definition) is 2. The fourth-order valence-electron chi connectivity index (χ4n) is 2.43. The summed E-state index contributed by atoms with van der Waals surface area (Å²) in [5.41, 5.74) is 2.80. The Balaban J connectivity index is 1.93. The number of morpholine rings is 1. The van der Waals surface area contributed by atoms with Gasteiger partial charge >= 0.3 is 12.1 Å². The summed E-state index contributed by atoms with van der Waals surface area (Å²) >= 11 is 0. The van der Waals surface area contributed by atoms with Crippen LogP contribution in [0.2, 0.25) is 0 Å². The van der Waals surface area contributed by atoms with Crippen LogP contribution in [0.5, 0.6) is 5.75 Å². The molecule has 10 nitrogen and oxygen atoms in total. The van der Waals surface area contributed by atoms with Crippen molar-refractivity contribution in [3.05, 3.63) is 28.2 Å². The number of ether oxygens (including phenoxy) is 4. The number of carbonyl (C=O) groups is 1. The van der Waals surface area contributed by atoms with E-state index in [1.54, 1.807) is 4.58 Å². The number of aromatic nitrogens is 1. The van der Waals surface area contributed by atoms with E-state index in [2.05, 4.69) is 14.9 Å². The summed E-state index contributed by atoms with van der Waals surface area (Å²) in [6, 6.07) is 1.27. The molecular formula is C13H16N3O7+. The second-order valence-corrected chi connectivity index (χ2v) is 4.83. The third kappa shape index (κ3) is 2.80. The summed E-state index contributed by atoms with van der Waals surface area (Å²) in [7, 11) is 1.16. The molecule has 0 bridgehead atoms. The van der Waals surface area contributed by atoms with Gasteiger partial charge in [-0.15, -0.1) is 0 Å². The molecule has 1 atom stereocenters. The minimum atomic E-state index is -0.936. The maximum absolute atomic E-state index is 12.0. The monoisotopic (exact) mass is 326 g/mol. The number of hydrogen-bond acceptors (Lipinski definition) is 7. The summed E-state index contributed by atoms with van der Waals surface area (Å²) in [5.74, 6) is -0.242. The molecule has 2 N–H and O–H groups in total. The first-order valence-corrected chi connectivity index (χ1v) is 6.88. The van der Waals surface area contributed by atoms with Crippen molar-refractivity contribution in [1.82, 2.24) is 4.68 Å². The predicted octanol–water partition coefficient (Wildman–Crippen LogP) is -0.802. The van der Waals surface area contributed by atoms with E-state index in [-0.39, 0.29) is 23.5 Å². The van der Waals surface area contributed by atoms with E-state index >= 15 is 0 Å². The molecule has 0 aromatic carbocycles. The topological polar surface area (TPSA) is 111 Å². The van der Waals surface area contributed by atoms with Crippen LogP contribution < -0.4 is 15.6 Å². The van der Waals surface area contributed by atoms with E-state index < -0.39 is 18.4 Å². The van der Waals surface area contributed by atoms with Crippen LogP contribution in [0.15, 0.2) is 17.1 Å². The molecule has 0 radical (unpaired) electrons. The quantitative estimate of drug-likeness (QED) is 0.422. The van der Waals surface area contributed by atoms with Gasteiger partial charge in [0.2, 0.25) is 23.7 Å². The number of nitrogens with one attached hydrogen (secondary N) is 1. The van der Waals surface area contributed by atoms with E-state index in [4.69, 9.17) is 9.47 Å². The van der Waals surface area contributed by atoms with Gasteiger partial charge in [-0.1, -0.05) is 0 Å². The number of methoxy groups -OCH3 is 1. The fraction of sp³-hybridized carbons (Fsp3) is 0.462. The number of aliphatic hydroxyl groups is 1. The number of aliphatic hydroxyl groups excluding tert-OH is 1. The van der Waals surface area contributed by atoms with Crippen LogP contribution in [0.1, 0.15) is 5.69 Å². The van der Waals surface area contributed by atoms with Crippen LogP contribution in [0.4, 0.5) is 4.79 Å². The van der Waals surface area contributed by atoms with Crippen LogP contribution in [0.25, 0.3) is 0 Å². The second kappa shape index (κ2) is 6.16. The summed E-state index contributed by atoms with van der Waals surface area (Å²) in [6.07, 6.45) is 0.292. The lowest BCUT2D eigenvalue weighted by Crippen LogP contribution is -2.54. The Kier molecular flexibility index (Phi) is 4.06. The predicted molar refractivity (Wildman–Crippen MR) is 75.5 cm³/mol. The first-order chi connectivity index (χ1) is 11.1. The number of pyridine rings is 1. The van der Waals surface area contributed by atoms with Crippen molar-refractivity contribution in [3.8, 4) is 5.75 Å². The molecule has 2 aliphatic rings. The van der Waals surface area contributed by atoms with E-state index in [0.717, 1.165) is 7.11 Å². The van der Waals surface area contributed by atoms with Crippen molar-refractivity contribution in [2.45, 2.75) is 6.17 Å². The van der Waals surface area contributed by atoms with Gasteiger partial charge in [0.05, 0.1) is 7.11 Å². The van der Waals surface area contributed by atoms with Crippen molar-refractivity contribution in [2.75, 3.05) is 39.1 Å². The number of nitrogens with zero attached hydrogens (tertiary/aromatic N) is 2. The highest BCUT2D eigenvalue weighted by Gasteiger charge is 2.38. The minimum Gasteiger partial charge on any atom is -0.458 e. The maximum atomic E-state index is 12.0. The molecule has 2 aliphatic heterocycles. The molecule has 23 heavy (non-hydrogen) atoms. The molecular weight excluding hydrogens is 310 g/mol. The van der Waals surface area contributed by atoms with E-state index in [1.807, 2.05) is 0 Å². The van der Waals surface area contributed by atoms with Crippen LogP contribution >= 0.6 is 0 Å². The molecule has 1 aromatic rings. The zero-order valence-electron chi connectivity index (χ0n) is 12.4. The third-order valence-electron chi connectivity index (χ3n) is 3.50. The number of fused-ring (bicyclic) bond motifs is 2. The molecule has 1 saturated heterocycles. The Hall–Kier alpha value is -2.75. The average Bonchev–Trinajstić information content (AvgIpc) is 2.57. The van der Waals surface area contributed by atoms with Crippen LogP contribution in [0, 0.1) is 0 Å². The Bertz CT molecular complexity index is 712. The van der Waals surface area contributed by atoms with Crippen molar-refractivity contribution >= 4 is 12.1 Å². The van der Waals surface area contributed by atoms with Gasteiger partial charge in [-0.3, -0.25) is 10.2 Å². The summed E-state index contributed by atoms with van der Waals surface area (Å²) in [6.45, 7) is 0.793. The molecule has 10 heteroatoms. The maximum Gasteiger partial charge on any atom is 0.510 e. The van der Waals surface area contributed by atoms with Gasteiger partial charge in [0.15, 0.2) is 6.54 Å². The average molecular weight is 326 g/mol. The molecule has 1 aromatic heterocycles. The zero-order valence-corrected chi connectivity index (χ0v) is 12.4. The second-order valence-electron chi connectivity index (χ2n) is 4.83. The Morgan fingerprint density at radius 2 is 2.43 bits per heavy atom. The van der Waals surface area contributed by atoms with Crippen molar-refractivity contribution < 1.29 is 33.4 Å². The lowest BCUT2D eigenvalue weighted by Gasteiger charge is -2.29. The van der Waals surface area contributed by atoms with Gasteiger partial charge < -0.3 is 24.1 Å². The van der Waals surface area contributed by atoms with E-state index in [0.29, 0.717) is 19.8 Å². The molecule has 0 unspecified atom stereocenters. The number of rotatable bonds is 3. The molecule has 0 aliphatic carbocycles. The van der Waals surface area contributed by atoms with Crippen LogP contribution in [0.3, 0.4) is 0 Å². The van der Waals surface area contributed by atoms with Crippen LogP contribution in [-0.4, -0.2) is 66.2 Å². The summed E-state index contributed by atoms with van der Waals surface area (Å²) in [5, 5.41) is 10.5. The molecule has 0 spiro atoms. The molecule has 1 fully saturated rings. The van der Waals surface area contributed by atoms with Crippen molar-refractivity contribution in [3.63, 3.8) is 0 Å². The molecule has 3 rings (SSSR count). The normalized spacial score (nSPS) is 19.3. The molecule has 0 saturated carbocycles. The van der Waals surface area contributed by atoms with E-state index in [1.165, 1.54) is 16.9 Å². The standard InChI is InChI=1S/C13H15N3O7/c1-20-13(19)23-7-22-11-8(17)2-3-16-10(11)12(18)15-4-5-21-6-9(15)14-16/h2-3,9,14H,4-7H2,1H3/p+1/t9-/m0/s1. The number of carbonyl (C=O) groups excluding carboxylic acids is 1. The highest BCUT2D eigenvalue weighted by Crippen LogP contribution is 2.18. The van der Waals surface area contributed by atoms with Gasteiger partial charge in [-0.25, -0.2) is 9.47 Å². The van der Waals surface area contributed by atoms with Gasteiger partial charge in [0.25, 0.3) is 6.17 Å². The molecule has 0 amide bonds. The lowest BCUT2D eigenvalue weighted by molar-refractivity contribution is -0.591. The Morgan fingerprint density at radius 3 is 3.22 bits per heavy atom. The third-order valence-corrected chi connectivity index (χ3v) is 3.50. The highest BCUT2D eigenvalue weighted by molar-refractivity contribution is 5.90. The van der Waals surface area contributed by atoms with Crippen LogP contribution in [-0.2, 0) is 14.2 Å². The van der Waals surface area contributed by atoms with Gasteiger partial charge in [0.1, 0.15) is 13.2 Å².